The van der Waals surface area contributed by atoms with Crippen LogP contribution in [-0.4, -0.2) is 0 Å². The third-order valence-corrected chi connectivity index (χ3v) is 6.04. The summed E-state index contributed by atoms with van der Waals surface area (Å²) in [6.45, 7) is 4.19. The normalized spacial score (nSPS) is 13.3. The molecule has 0 radical (unpaired) electrons. The van der Waals surface area contributed by atoms with E-state index in [1.54, 1.807) is 6.07 Å². The van der Waals surface area contributed by atoms with Gasteiger partial charge in [-0.3, -0.25) is 0 Å². The first kappa shape index (κ1) is 21.0. The first-order chi connectivity index (χ1) is 15.1. The summed E-state index contributed by atoms with van der Waals surface area (Å²) in [4.78, 5) is 0. The molecule has 3 aromatic rings. The summed E-state index contributed by atoms with van der Waals surface area (Å²) in [6, 6.07) is 20.0. The van der Waals surface area contributed by atoms with E-state index in [1.165, 1.54) is 11.1 Å². The fourth-order valence-electron chi connectivity index (χ4n) is 4.15. The van der Waals surface area contributed by atoms with Crippen molar-refractivity contribution in [1.29, 1.82) is 0 Å². The van der Waals surface area contributed by atoms with Gasteiger partial charge >= 0.3 is 0 Å². The van der Waals surface area contributed by atoms with E-state index in [0.29, 0.717) is 5.56 Å². The maximum absolute atomic E-state index is 15.6. The Morgan fingerprint density at radius 3 is 1.90 bits per heavy atom. The highest BCUT2D eigenvalue weighted by Gasteiger charge is 2.24. The maximum Gasteiger partial charge on any atom is 0.143 e. The quantitative estimate of drug-likeness (QED) is 0.396. The van der Waals surface area contributed by atoms with E-state index in [4.69, 9.17) is 0 Å². The van der Waals surface area contributed by atoms with E-state index in [2.05, 4.69) is 49.7 Å². The summed E-state index contributed by atoms with van der Waals surface area (Å²) in [6.07, 6.45) is 5.33. The van der Waals surface area contributed by atoms with Crippen LogP contribution >= 0.6 is 0 Å². The Bertz CT molecular complexity index is 1170. The summed E-state index contributed by atoms with van der Waals surface area (Å²) in [5.74, 6) is 12.7. The molecule has 0 nitrogen and oxygen atoms in total. The van der Waals surface area contributed by atoms with Gasteiger partial charge in [-0.15, -0.1) is 0 Å². The van der Waals surface area contributed by atoms with Crippen molar-refractivity contribution in [1.82, 2.24) is 0 Å². The average Bonchev–Trinajstić information content (AvgIpc) is 3.33. The summed E-state index contributed by atoms with van der Waals surface area (Å²) >= 11 is 0. The van der Waals surface area contributed by atoms with Gasteiger partial charge in [0.05, 0.1) is 5.56 Å². The lowest BCUT2D eigenvalue weighted by Gasteiger charge is -2.14. The SMILES string of the molecule is CCc1ccc(C#Cc2ccc(C#Cc3ccc(C)cc3)c(C3CCCC3)c2F)cc1. The van der Waals surface area contributed by atoms with Crippen LogP contribution in [-0.2, 0) is 6.42 Å². The second-order valence-electron chi connectivity index (χ2n) is 8.29. The highest BCUT2D eigenvalue weighted by molar-refractivity contribution is 5.54. The van der Waals surface area contributed by atoms with E-state index in [0.717, 1.165) is 54.4 Å². The number of benzene rings is 3. The molecule has 3 aromatic carbocycles. The predicted octanol–water partition coefficient (Wildman–Crippen LogP) is 7.15. The standard InChI is InChI=1S/C30H27F/c1-3-23-12-14-25(15-13-23)17-19-28-21-20-27(18-16-24-10-8-22(2)9-11-24)29(30(28)31)26-6-4-5-7-26/h8-15,20-21,26H,3-7H2,1-2H3. The molecule has 0 amide bonds. The smallest absolute Gasteiger partial charge is 0.143 e. The molecule has 1 fully saturated rings. The number of hydrogen-bond donors (Lipinski definition) is 0. The van der Waals surface area contributed by atoms with Crippen LogP contribution in [0.3, 0.4) is 0 Å². The van der Waals surface area contributed by atoms with Crippen molar-refractivity contribution in [2.75, 3.05) is 0 Å². The molecule has 0 unspecified atom stereocenters. The first-order valence-electron chi connectivity index (χ1n) is 11.2. The molecule has 0 N–H and O–H groups in total. The maximum atomic E-state index is 15.6. The molecular formula is C30H27F. The lowest BCUT2D eigenvalue weighted by molar-refractivity contribution is 0.576. The van der Waals surface area contributed by atoms with Crippen molar-refractivity contribution >= 4 is 0 Å². The molecule has 1 saturated carbocycles. The predicted molar refractivity (Wildman–Crippen MR) is 127 cm³/mol. The Morgan fingerprint density at radius 2 is 1.29 bits per heavy atom. The molecule has 31 heavy (non-hydrogen) atoms. The first-order valence-corrected chi connectivity index (χ1v) is 11.2. The van der Waals surface area contributed by atoms with Gasteiger partial charge in [0, 0.05) is 22.3 Å². The Kier molecular flexibility index (Phi) is 6.54. The van der Waals surface area contributed by atoms with Gasteiger partial charge in [0.15, 0.2) is 0 Å². The molecular weight excluding hydrogens is 379 g/mol. The van der Waals surface area contributed by atoms with E-state index in [9.17, 15) is 0 Å². The molecule has 4 rings (SSSR count). The molecule has 1 heteroatoms. The van der Waals surface area contributed by atoms with Crippen LogP contribution in [0.1, 0.15) is 77.5 Å². The number of hydrogen-bond acceptors (Lipinski definition) is 0. The Labute approximate surface area is 185 Å². The fourth-order valence-corrected chi connectivity index (χ4v) is 4.15. The van der Waals surface area contributed by atoms with Crippen molar-refractivity contribution in [3.8, 4) is 23.7 Å². The third-order valence-electron chi connectivity index (χ3n) is 6.04. The molecule has 0 atom stereocenters. The van der Waals surface area contributed by atoms with E-state index >= 15 is 4.39 Å². The molecule has 154 valence electrons. The molecule has 0 heterocycles. The van der Waals surface area contributed by atoms with Gasteiger partial charge in [-0.25, -0.2) is 4.39 Å². The van der Waals surface area contributed by atoms with Crippen LogP contribution in [0.2, 0.25) is 0 Å². The molecule has 1 aliphatic rings. The number of halogens is 1. The van der Waals surface area contributed by atoms with Crippen LogP contribution in [0.4, 0.5) is 4.39 Å². The van der Waals surface area contributed by atoms with Gasteiger partial charge in [-0.1, -0.05) is 73.3 Å². The van der Waals surface area contributed by atoms with Crippen LogP contribution in [0, 0.1) is 36.4 Å². The molecule has 1 aliphatic carbocycles. The second-order valence-corrected chi connectivity index (χ2v) is 8.29. The van der Waals surface area contributed by atoms with Crippen molar-refractivity contribution in [2.24, 2.45) is 0 Å². The van der Waals surface area contributed by atoms with E-state index in [1.807, 2.05) is 42.5 Å². The lowest BCUT2D eigenvalue weighted by atomic mass is 9.90. The fraction of sp³-hybridized carbons (Fsp3) is 0.267. The lowest BCUT2D eigenvalue weighted by Crippen LogP contribution is -2.03. The summed E-state index contributed by atoms with van der Waals surface area (Å²) in [5.41, 5.74) is 6.34. The second kappa shape index (κ2) is 9.68. The Balaban J connectivity index is 1.70. The molecule has 0 aliphatic heterocycles. The van der Waals surface area contributed by atoms with Crippen molar-refractivity contribution in [3.05, 3.63) is 105 Å². The zero-order valence-electron chi connectivity index (χ0n) is 18.3. The van der Waals surface area contributed by atoms with Gasteiger partial charge in [0.25, 0.3) is 0 Å². The molecule has 0 bridgehead atoms. The molecule has 0 aromatic heterocycles. The molecule has 0 saturated heterocycles. The van der Waals surface area contributed by atoms with Crippen molar-refractivity contribution in [2.45, 2.75) is 51.9 Å². The highest BCUT2D eigenvalue weighted by Crippen LogP contribution is 2.38. The van der Waals surface area contributed by atoms with Gasteiger partial charge < -0.3 is 0 Å². The van der Waals surface area contributed by atoms with Crippen LogP contribution in [0.15, 0.2) is 60.7 Å². The zero-order valence-corrected chi connectivity index (χ0v) is 18.3. The summed E-state index contributed by atoms with van der Waals surface area (Å²) < 4.78 is 15.6. The van der Waals surface area contributed by atoms with Gasteiger partial charge in [-0.05, 0) is 74.1 Å². The van der Waals surface area contributed by atoms with Gasteiger partial charge in [-0.2, -0.15) is 0 Å². The molecule has 0 spiro atoms. The summed E-state index contributed by atoms with van der Waals surface area (Å²) in [5, 5.41) is 0. The van der Waals surface area contributed by atoms with E-state index in [-0.39, 0.29) is 11.7 Å². The minimum Gasteiger partial charge on any atom is -0.205 e. The van der Waals surface area contributed by atoms with Crippen LogP contribution in [0.25, 0.3) is 0 Å². The van der Waals surface area contributed by atoms with Crippen molar-refractivity contribution < 1.29 is 4.39 Å². The van der Waals surface area contributed by atoms with Crippen LogP contribution < -0.4 is 0 Å². The third kappa shape index (κ3) is 5.07. The Morgan fingerprint density at radius 1 is 0.742 bits per heavy atom. The topological polar surface area (TPSA) is 0 Å². The average molecular weight is 407 g/mol. The number of aryl methyl sites for hydroxylation is 2. The van der Waals surface area contributed by atoms with Gasteiger partial charge in [0.2, 0.25) is 0 Å². The number of rotatable bonds is 2. The largest absolute Gasteiger partial charge is 0.205 e. The van der Waals surface area contributed by atoms with Crippen LogP contribution in [0.5, 0.6) is 0 Å². The summed E-state index contributed by atoms with van der Waals surface area (Å²) in [7, 11) is 0. The Hall–Kier alpha value is -3.29. The highest BCUT2D eigenvalue weighted by atomic mass is 19.1. The van der Waals surface area contributed by atoms with Crippen molar-refractivity contribution in [3.63, 3.8) is 0 Å². The zero-order chi connectivity index (χ0) is 21.6. The van der Waals surface area contributed by atoms with Gasteiger partial charge in [0.1, 0.15) is 5.82 Å². The minimum absolute atomic E-state index is 0.194. The van der Waals surface area contributed by atoms with E-state index < -0.39 is 0 Å². The monoisotopic (exact) mass is 406 g/mol. The minimum atomic E-state index is -0.194.